The van der Waals surface area contributed by atoms with E-state index < -0.39 is 0 Å². The first-order chi connectivity index (χ1) is 10.9. The smallest absolute Gasteiger partial charge is 0.309 e. The van der Waals surface area contributed by atoms with Crippen LogP contribution in [0.3, 0.4) is 0 Å². The van der Waals surface area contributed by atoms with E-state index in [1.54, 1.807) is 0 Å². The van der Waals surface area contributed by atoms with Crippen molar-refractivity contribution in [2.45, 2.75) is 40.0 Å². The number of urea groups is 1. The third-order valence-electron chi connectivity index (χ3n) is 4.37. The fourth-order valence-corrected chi connectivity index (χ4v) is 3.89. The summed E-state index contributed by atoms with van der Waals surface area (Å²) < 4.78 is 2.92. The summed E-state index contributed by atoms with van der Waals surface area (Å²) in [7, 11) is 4.14. The van der Waals surface area contributed by atoms with Crippen LogP contribution in [-0.2, 0) is 12.8 Å². The molecule has 1 aliphatic rings. The quantitative estimate of drug-likeness (QED) is 0.778. The lowest BCUT2D eigenvalue weighted by atomic mass is 9.99. The second kappa shape index (κ2) is 8.06. The number of carbonyl (C=O) groups excluding carboxylic acids is 1. The van der Waals surface area contributed by atoms with Crippen molar-refractivity contribution in [3.05, 3.63) is 28.3 Å². The van der Waals surface area contributed by atoms with Crippen LogP contribution in [0, 0.1) is 19.8 Å². The molecule has 0 heterocycles. The summed E-state index contributed by atoms with van der Waals surface area (Å²) in [6, 6.07) is 2.16. The van der Waals surface area contributed by atoms with Crippen LogP contribution >= 0.6 is 11.9 Å². The largest absolute Gasteiger partial charge is 0.329 e. The minimum Gasteiger partial charge on any atom is -0.309 e. The van der Waals surface area contributed by atoms with E-state index in [1.165, 1.54) is 40.6 Å². The van der Waals surface area contributed by atoms with Crippen molar-refractivity contribution in [2.24, 2.45) is 5.92 Å². The Hall–Kier alpha value is -1.20. The SMILES string of the molecule is Cc1cc2c(c(NC(=O)NSCC(C)CN(C)C)c1C)CCC2. The van der Waals surface area contributed by atoms with Gasteiger partial charge in [-0.2, -0.15) is 0 Å². The number of hydrogen-bond acceptors (Lipinski definition) is 3. The van der Waals surface area contributed by atoms with Gasteiger partial charge in [-0.3, -0.25) is 4.72 Å². The molecular weight excluding hydrogens is 306 g/mol. The maximum Gasteiger partial charge on any atom is 0.329 e. The standard InChI is InChI=1S/C18H29N3OS/c1-12(10-21(4)5)11-23-20-18(22)19-17-14(3)13(2)9-15-7-6-8-16(15)17/h9,12H,6-8,10-11H2,1-5H3,(H2,19,20,22). The Kier molecular flexibility index (Phi) is 6.36. The van der Waals surface area contributed by atoms with E-state index in [9.17, 15) is 4.79 Å². The molecule has 1 unspecified atom stereocenters. The van der Waals surface area contributed by atoms with Crippen molar-refractivity contribution in [3.63, 3.8) is 0 Å². The normalized spacial score (nSPS) is 14.7. The van der Waals surface area contributed by atoms with Crippen molar-refractivity contribution in [3.8, 4) is 0 Å². The fourth-order valence-electron chi connectivity index (χ4n) is 3.24. The number of rotatable bonds is 6. The van der Waals surface area contributed by atoms with Gasteiger partial charge in [0.05, 0.1) is 0 Å². The van der Waals surface area contributed by atoms with E-state index in [-0.39, 0.29) is 6.03 Å². The number of amides is 2. The summed E-state index contributed by atoms with van der Waals surface area (Å²) in [5, 5.41) is 3.08. The van der Waals surface area contributed by atoms with Crippen molar-refractivity contribution in [1.29, 1.82) is 0 Å². The third kappa shape index (κ3) is 4.88. The molecule has 0 aliphatic heterocycles. The van der Waals surface area contributed by atoms with Gasteiger partial charge in [-0.1, -0.05) is 13.0 Å². The van der Waals surface area contributed by atoms with Gasteiger partial charge in [-0.05, 0) is 87.3 Å². The van der Waals surface area contributed by atoms with E-state index >= 15 is 0 Å². The van der Waals surface area contributed by atoms with Crippen molar-refractivity contribution >= 4 is 23.7 Å². The first-order valence-corrected chi connectivity index (χ1v) is 9.32. The molecule has 2 rings (SSSR count). The molecule has 2 amide bonds. The number of aryl methyl sites for hydroxylation is 2. The highest BCUT2D eigenvalue weighted by atomic mass is 32.2. The third-order valence-corrected chi connectivity index (χ3v) is 5.43. The summed E-state index contributed by atoms with van der Waals surface area (Å²) in [5.74, 6) is 1.46. The molecule has 4 nitrogen and oxygen atoms in total. The molecule has 2 N–H and O–H groups in total. The average Bonchev–Trinajstić information content (AvgIpc) is 2.90. The number of anilines is 1. The van der Waals surface area contributed by atoms with Crippen LogP contribution in [0.2, 0.25) is 0 Å². The molecular formula is C18H29N3OS. The van der Waals surface area contributed by atoms with Crippen LogP contribution in [0.25, 0.3) is 0 Å². The zero-order chi connectivity index (χ0) is 17.0. The Labute approximate surface area is 144 Å². The zero-order valence-electron chi connectivity index (χ0n) is 15.0. The van der Waals surface area contributed by atoms with E-state index in [1.807, 2.05) is 0 Å². The van der Waals surface area contributed by atoms with Gasteiger partial charge in [-0.15, -0.1) is 0 Å². The van der Waals surface area contributed by atoms with Gasteiger partial charge in [0.15, 0.2) is 0 Å². The Balaban J connectivity index is 1.91. The molecule has 5 heteroatoms. The van der Waals surface area contributed by atoms with E-state index in [4.69, 9.17) is 0 Å². The second-order valence-corrected chi connectivity index (χ2v) is 7.75. The molecule has 0 radical (unpaired) electrons. The van der Waals surface area contributed by atoms with Gasteiger partial charge in [0.25, 0.3) is 0 Å². The monoisotopic (exact) mass is 335 g/mol. The Morgan fingerprint density at radius 2 is 2.09 bits per heavy atom. The van der Waals surface area contributed by atoms with Crippen LogP contribution in [0.5, 0.6) is 0 Å². The molecule has 1 atom stereocenters. The molecule has 128 valence electrons. The summed E-state index contributed by atoms with van der Waals surface area (Å²) >= 11 is 1.49. The number of nitrogens with zero attached hydrogens (tertiary/aromatic N) is 1. The molecule has 1 aliphatic carbocycles. The number of benzene rings is 1. The zero-order valence-corrected chi connectivity index (χ0v) is 15.8. The lowest BCUT2D eigenvalue weighted by Crippen LogP contribution is -2.27. The first-order valence-electron chi connectivity index (χ1n) is 8.34. The van der Waals surface area contributed by atoms with Crippen molar-refractivity contribution < 1.29 is 4.79 Å². The molecule has 0 bridgehead atoms. The predicted octanol–water partition coefficient (Wildman–Crippen LogP) is 3.76. The van der Waals surface area contributed by atoms with Crippen molar-refractivity contribution in [1.82, 2.24) is 9.62 Å². The van der Waals surface area contributed by atoms with Crippen LogP contribution in [0.1, 0.15) is 35.6 Å². The highest BCUT2D eigenvalue weighted by Crippen LogP contribution is 2.33. The minimum atomic E-state index is -0.116. The van der Waals surface area contributed by atoms with E-state index in [2.05, 4.69) is 55.9 Å². The van der Waals surface area contributed by atoms with Gasteiger partial charge in [0, 0.05) is 18.0 Å². The van der Waals surface area contributed by atoms with Gasteiger partial charge in [-0.25, -0.2) is 4.79 Å². The van der Waals surface area contributed by atoms with Crippen LogP contribution < -0.4 is 10.0 Å². The summed E-state index contributed by atoms with van der Waals surface area (Å²) in [6.45, 7) is 7.44. The fraction of sp³-hybridized carbons (Fsp3) is 0.611. The van der Waals surface area contributed by atoms with E-state index in [0.717, 1.165) is 30.8 Å². The Morgan fingerprint density at radius 3 is 2.78 bits per heavy atom. The van der Waals surface area contributed by atoms with E-state index in [0.29, 0.717) is 5.92 Å². The molecule has 0 aromatic heterocycles. The summed E-state index contributed by atoms with van der Waals surface area (Å²) in [6.07, 6.45) is 3.38. The van der Waals surface area contributed by atoms with Gasteiger partial charge < -0.3 is 10.2 Å². The lowest BCUT2D eigenvalue weighted by Gasteiger charge is -2.18. The number of hydrogen-bond donors (Lipinski definition) is 2. The number of nitrogens with one attached hydrogen (secondary N) is 2. The summed E-state index contributed by atoms with van der Waals surface area (Å²) in [4.78, 5) is 14.4. The molecule has 1 aromatic rings. The average molecular weight is 336 g/mol. The minimum absolute atomic E-state index is 0.116. The number of carbonyl (C=O) groups is 1. The van der Waals surface area contributed by atoms with Gasteiger partial charge in [0.2, 0.25) is 0 Å². The maximum absolute atomic E-state index is 12.2. The Bertz CT molecular complexity index is 572. The highest BCUT2D eigenvalue weighted by Gasteiger charge is 2.19. The van der Waals surface area contributed by atoms with Crippen molar-refractivity contribution in [2.75, 3.05) is 31.7 Å². The van der Waals surface area contributed by atoms with Crippen LogP contribution in [-0.4, -0.2) is 37.3 Å². The molecule has 0 fully saturated rings. The van der Waals surface area contributed by atoms with Crippen LogP contribution in [0.15, 0.2) is 6.07 Å². The molecule has 23 heavy (non-hydrogen) atoms. The Morgan fingerprint density at radius 1 is 1.35 bits per heavy atom. The predicted molar refractivity (Wildman–Crippen MR) is 100 cm³/mol. The highest BCUT2D eigenvalue weighted by molar-refractivity contribution is 7.97. The first kappa shape index (κ1) is 18.1. The number of fused-ring (bicyclic) bond motifs is 1. The second-order valence-electron chi connectivity index (χ2n) is 6.92. The summed E-state index contributed by atoms with van der Waals surface area (Å²) in [5.41, 5.74) is 6.20. The molecule has 0 saturated carbocycles. The van der Waals surface area contributed by atoms with Gasteiger partial charge in [0.1, 0.15) is 0 Å². The molecule has 0 saturated heterocycles. The van der Waals surface area contributed by atoms with Gasteiger partial charge >= 0.3 is 6.03 Å². The maximum atomic E-state index is 12.2. The van der Waals surface area contributed by atoms with Crippen LogP contribution in [0.4, 0.5) is 10.5 Å². The molecule has 0 spiro atoms. The topological polar surface area (TPSA) is 44.4 Å². The molecule has 1 aromatic carbocycles. The lowest BCUT2D eigenvalue weighted by molar-refractivity contribution is 0.257.